The number of amides is 1. The standard InChI is InChI=1S/C17H20FN3O3S/c1-13-5-3-11-19-17(13)20-16(22)6-4-12-21(2)25(23,24)15-9-7-14(18)8-10-15/h3,5,7-11H,4,6,12H2,1-2H3,(H,19,20,22). The Hall–Kier alpha value is -2.32. The number of hydrogen-bond donors (Lipinski definition) is 1. The predicted molar refractivity (Wildman–Crippen MR) is 93.1 cm³/mol. The van der Waals surface area contributed by atoms with E-state index in [2.05, 4.69) is 10.3 Å². The van der Waals surface area contributed by atoms with Gasteiger partial charge in [0.15, 0.2) is 0 Å². The van der Waals surface area contributed by atoms with Crippen LogP contribution >= 0.6 is 0 Å². The van der Waals surface area contributed by atoms with Crippen molar-refractivity contribution in [2.24, 2.45) is 0 Å². The lowest BCUT2D eigenvalue weighted by Crippen LogP contribution is -2.28. The van der Waals surface area contributed by atoms with E-state index >= 15 is 0 Å². The zero-order valence-corrected chi connectivity index (χ0v) is 14.9. The smallest absolute Gasteiger partial charge is 0.242 e. The molecular weight excluding hydrogens is 345 g/mol. The summed E-state index contributed by atoms with van der Waals surface area (Å²) >= 11 is 0. The number of halogens is 1. The van der Waals surface area contributed by atoms with Gasteiger partial charge >= 0.3 is 0 Å². The van der Waals surface area contributed by atoms with Gasteiger partial charge in [0.2, 0.25) is 15.9 Å². The summed E-state index contributed by atoms with van der Waals surface area (Å²) in [4.78, 5) is 16.0. The van der Waals surface area contributed by atoms with Crippen molar-refractivity contribution in [2.75, 3.05) is 18.9 Å². The molecule has 0 aliphatic heterocycles. The molecule has 0 radical (unpaired) electrons. The third-order valence-corrected chi connectivity index (χ3v) is 5.54. The fourth-order valence-corrected chi connectivity index (χ4v) is 3.39. The summed E-state index contributed by atoms with van der Waals surface area (Å²) in [6.07, 6.45) is 2.11. The first-order valence-electron chi connectivity index (χ1n) is 7.74. The van der Waals surface area contributed by atoms with Gasteiger partial charge in [-0.05, 0) is 49.2 Å². The Kier molecular flexibility index (Phi) is 6.22. The molecule has 1 amide bonds. The maximum absolute atomic E-state index is 12.9. The van der Waals surface area contributed by atoms with E-state index in [0.29, 0.717) is 12.2 Å². The van der Waals surface area contributed by atoms with E-state index in [1.54, 1.807) is 12.3 Å². The molecule has 0 aliphatic carbocycles. The van der Waals surface area contributed by atoms with Crippen LogP contribution in [0.25, 0.3) is 0 Å². The van der Waals surface area contributed by atoms with Crippen molar-refractivity contribution in [1.29, 1.82) is 0 Å². The van der Waals surface area contributed by atoms with E-state index in [1.807, 2.05) is 13.0 Å². The normalized spacial score (nSPS) is 11.5. The molecule has 0 atom stereocenters. The minimum Gasteiger partial charge on any atom is -0.310 e. The number of aryl methyl sites for hydroxylation is 1. The third kappa shape index (κ3) is 5.07. The molecule has 6 nitrogen and oxygen atoms in total. The van der Waals surface area contributed by atoms with E-state index in [-0.39, 0.29) is 23.8 Å². The lowest BCUT2D eigenvalue weighted by Gasteiger charge is -2.17. The maximum atomic E-state index is 12.9. The van der Waals surface area contributed by atoms with Gasteiger partial charge in [-0.2, -0.15) is 0 Å². The SMILES string of the molecule is Cc1cccnc1NC(=O)CCCN(C)S(=O)(=O)c1ccc(F)cc1. The number of carbonyl (C=O) groups is 1. The van der Waals surface area contributed by atoms with Crippen LogP contribution in [0, 0.1) is 12.7 Å². The summed E-state index contributed by atoms with van der Waals surface area (Å²) in [7, 11) is -2.27. The number of aromatic nitrogens is 1. The fourth-order valence-electron chi connectivity index (χ4n) is 2.18. The van der Waals surface area contributed by atoms with Crippen molar-refractivity contribution in [3.63, 3.8) is 0 Å². The minimum absolute atomic E-state index is 0.0185. The zero-order chi connectivity index (χ0) is 18.4. The van der Waals surface area contributed by atoms with Crippen molar-refractivity contribution in [1.82, 2.24) is 9.29 Å². The van der Waals surface area contributed by atoms with Crippen molar-refractivity contribution >= 4 is 21.7 Å². The van der Waals surface area contributed by atoms with E-state index in [9.17, 15) is 17.6 Å². The molecule has 0 spiro atoms. The highest BCUT2D eigenvalue weighted by Crippen LogP contribution is 2.15. The summed E-state index contributed by atoms with van der Waals surface area (Å²) in [5, 5.41) is 2.70. The number of carbonyl (C=O) groups excluding carboxylic acids is 1. The van der Waals surface area contributed by atoms with Gasteiger partial charge in [-0.15, -0.1) is 0 Å². The second-order valence-corrected chi connectivity index (χ2v) is 7.65. The van der Waals surface area contributed by atoms with Crippen molar-refractivity contribution in [2.45, 2.75) is 24.7 Å². The monoisotopic (exact) mass is 365 g/mol. The number of rotatable bonds is 7. The average molecular weight is 365 g/mol. The van der Waals surface area contributed by atoms with E-state index in [4.69, 9.17) is 0 Å². The number of nitrogens with one attached hydrogen (secondary N) is 1. The van der Waals surface area contributed by atoms with Crippen molar-refractivity contribution in [3.05, 3.63) is 54.0 Å². The van der Waals surface area contributed by atoms with Crippen LogP contribution in [0.4, 0.5) is 10.2 Å². The molecule has 1 aromatic heterocycles. The van der Waals surface area contributed by atoms with E-state index in [0.717, 1.165) is 22.0 Å². The first-order chi connectivity index (χ1) is 11.8. The van der Waals surface area contributed by atoms with Crippen LogP contribution in [0.2, 0.25) is 0 Å². The second-order valence-electron chi connectivity index (χ2n) is 5.60. The van der Waals surface area contributed by atoms with E-state index < -0.39 is 15.8 Å². The van der Waals surface area contributed by atoms with Crippen LogP contribution in [-0.2, 0) is 14.8 Å². The highest BCUT2D eigenvalue weighted by molar-refractivity contribution is 7.89. The Morgan fingerprint density at radius 2 is 1.92 bits per heavy atom. The first kappa shape index (κ1) is 19.0. The van der Waals surface area contributed by atoms with Crippen LogP contribution in [0.3, 0.4) is 0 Å². The van der Waals surface area contributed by atoms with Gasteiger partial charge in [0.05, 0.1) is 4.90 Å². The second kappa shape index (κ2) is 8.17. The van der Waals surface area contributed by atoms with Crippen LogP contribution < -0.4 is 5.32 Å². The van der Waals surface area contributed by atoms with Gasteiger partial charge in [-0.25, -0.2) is 22.1 Å². The minimum atomic E-state index is -3.70. The molecule has 2 rings (SSSR count). The maximum Gasteiger partial charge on any atom is 0.242 e. The molecule has 1 heterocycles. The summed E-state index contributed by atoms with van der Waals surface area (Å²) in [6, 6.07) is 8.26. The van der Waals surface area contributed by atoms with Gasteiger partial charge < -0.3 is 5.32 Å². The molecule has 25 heavy (non-hydrogen) atoms. The molecule has 0 saturated heterocycles. The number of pyridine rings is 1. The van der Waals surface area contributed by atoms with Crippen molar-refractivity contribution < 1.29 is 17.6 Å². The first-order valence-corrected chi connectivity index (χ1v) is 9.18. The van der Waals surface area contributed by atoms with Gasteiger partial charge in [0.25, 0.3) is 0 Å². The number of sulfonamides is 1. The predicted octanol–water partition coefficient (Wildman–Crippen LogP) is 2.57. The van der Waals surface area contributed by atoms with Gasteiger partial charge in [0.1, 0.15) is 11.6 Å². The Balaban J connectivity index is 1.87. The number of hydrogen-bond acceptors (Lipinski definition) is 4. The van der Waals surface area contributed by atoms with Crippen molar-refractivity contribution in [3.8, 4) is 0 Å². The van der Waals surface area contributed by atoms with Gasteiger partial charge in [-0.1, -0.05) is 6.07 Å². The molecule has 1 aromatic carbocycles. The molecule has 0 aliphatic rings. The molecule has 0 bridgehead atoms. The lowest BCUT2D eigenvalue weighted by molar-refractivity contribution is -0.116. The largest absolute Gasteiger partial charge is 0.310 e. The fraction of sp³-hybridized carbons (Fsp3) is 0.294. The number of benzene rings is 1. The average Bonchev–Trinajstić information content (AvgIpc) is 2.57. The summed E-state index contributed by atoms with van der Waals surface area (Å²) in [6.45, 7) is 2.01. The summed E-state index contributed by atoms with van der Waals surface area (Å²) < 4.78 is 38.8. The van der Waals surface area contributed by atoms with Crippen LogP contribution in [0.1, 0.15) is 18.4 Å². The van der Waals surface area contributed by atoms with Crippen LogP contribution in [-0.4, -0.2) is 37.2 Å². The summed E-state index contributed by atoms with van der Waals surface area (Å²) in [5.74, 6) is -0.225. The number of anilines is 1. The lowest BCUT2D eigenvalue weighted by atomic mass is 10.2. The molecule has 2 aromatic rings. The molecular formula is C17H20FN3O3S. The highest BCUT2D eigenvalue weighted by Gasteiger charge is 2.20. The topological polar surface area (TPSA) is 79.4 Å². The molecule has 134 valence electrons. The van der Waals surface area contributed by atoms with Gasteiger partial charge in [0, 0.05) is 26.2 Å². The Labute approximate surface area is 146 Å². The molecule has 8 heteroatoms. The Bertz CT molecular complexity index is 838. The highest BCUT2D eigenvalue weighted by atomic mass is 32.2. The van der Waals surface area contributed by atoms with E-state index in [1.165, 1.54) is 19.2 Å². The quantitative estimate of drug-likeness (QED) is 0.818. The molecule has 0 saturated carbocycles. The third-order valence-electron chi connectivity index (χ3n) is 3.67. The Morgan fingerprint density at radius 3 is 2.56 bits per heavy atom. The molecule has 1 N–H and O–H groups in total. The number of nitrogens with zero attached hydrogens (tertiary/aromatic N) is 2. The van der Waals surface area contributed by atoms with Crippen LogP contribution in [0.5, 0.6) is 0 Å². The van der Waals surface area contributed by atoms with Gasteiger partial charge in [-0.3, -0.25) is 4.79 Å². The molecule has 0 fully saturated rings. The summed E-state index contributed by atoms with van der Waals surface area (Å²) in [5.41, 5.74) is 0.854. The van der Waals surface area contributed by atoms with Crippen LogP contribution in [0.15, 0.2) is 47.5 Å². The zero-order valence-electron chi connectivity index (χ0n) is 14.1. The Morgan fingerprint density at radius 1 is 1.24 bits per heavy atom. The molecule has 0 unspecified atom stereocenters.